The van der Waals surface area contributed by atoms with E-state index in [-0.39, 0.29) is 0 Å². The maximum atomic E-state index is 5.35. The van der Waals surface area contributed by atoms with Gasteiger partial charge in [-0.05, 0) is 24.1 Å². The van der Waals surface area contributed by atoms with Gasteiger partial charge in [0, 0.05) is 18.8 Å². The molecular formula is C14H19NO. The molecule has 1 saturated heterocycles. The van der Waals surface area contributed by atoms with Crippen molar-refractivity contribution in [2.24, 2.45) is 0 Å². The van der Waals surface area contributed by atoms with E-state index in [1.165, 1.54) is 11.3 Å². The molecular weight excluding hydrogens is 198 g/mol. The van der Waals surface area contributed by atoms with Crippen molar-refractivity contribution < 1.29 is 4.74 Å². The van der Waals surface area contributed by atoms with Gasteiger partial charge in [0.1, 0.15) is 0 Å². The largest absolute Gasteiger partial charge is 0.378 e. The molecule has 0 radical (unpaired) electrons. The van der Waals surface area contributed by atoms with Crippen LogP contribution in [0.2, 0.25) is 0 Å². The fourth-order valence-electron chi connectivity index (χ4n) is 1.87. The second-order valence-electron chi connectivity index (χ2n) is 4.00. The van der Waals surface area contributed by atoms with Crippen LogP contribution in [0.15, 0.2) is 30.3 Å². The molecule has 0 atom stereocenters. The molecule has 0 aliphatic carbocycles. The lowest BCUT2D eigenvalue weighted by molar-refractivity contribution is 0.122. The van der Waals surface area contributed by atoms with Gasteiger partial charge in [0.15, 0.2) is 0 Å². The Morgan fingerprint density at radius 2 is 1.88 bits per heavy atom. The van der Waals surface area contributed by atoms with E-state index in [1.54, 1.807) is 0 Å². The molecule has 0 amide bonds. The Kier molecular flexibility index (Phi) is 4.00. The smallest absolute Gasteiger partial charge is 0.0642 e. The zero-order chi connectivity index (χ0) is 11.2. The summed E-state index contributed by atoms with van der Waals surface area (Å²) in [5.41, 5.74) is 2.58. The zero-order valence-electron chi connectivity index (χ0n) is 9.86. The van der Waals surface area contributed by atoms with E-state index in [4.69, 9.17) is 4.74 Å². The monoisotopic (exact) mass is 217 g/mol. The van der Waals surface area contributed by atoms with Crippen LogP contribution in [-0.4, -0.2) is 26.3 Å². The number of anilines is 1. The minimum Gasteiger partial charge on any atom is -0.378 e. The first-order chi connectivity index (χ1) is 7.90. The van der Waals surface area contributed by atoms with E-state index in [1.807, 2.05) is 0 Å². The Balaban J connectivity index is 2.03. The molecule has 0 unspecified atom stereocenters. The van der Waals surface area contributed by atoms with Crippen LogP contribution in [0.25, 0.3) is 6.08 Å². The molecule has 1 fully saturated rings. The number of hydrogen-bond donors (Lipinski definition) is 0. The summed E-state index contributed by atoms with van der Waals surface area (Å²) in [5, 5.41) is 0. The zero-order valence-corrected chi connectivity index (χ0v) is 9.86. The summed E-state index contributed by atoms with van der Waals surface area (Å²) in [6, 6.07) is 8.75. The molecule has 2 nitrogen and oxygen atoms in total. The number of morpholine rings is 1. The van der Waals surface area contributed by atoms with E-state index in [0.717, 1.165) is 32.7 Å². The first-order valence-electron chi connectivity index (χ1n) is 5.99. The highest BCUT2D eigenvalue weighted by Crippen LogP contribution is 2.17. The number of benzene rings is 1. The van der Waals surface area contributed by atoms with Gasteiger partial charge in [-0.25, -0.2) is 0 Å². The summed E-state index contributed by atoms with van der Waals surface area (Å²) in [6.07, 6.45) is 5.44. The maximum absolute atomic E-state index is 5.35. The lowest BCUT2D eigenvalue weighted by atomic mass is 10.1. The molecule has 0 saturated carbocycles. The number of ether oxygens (including phenoxy) is 1. The Morgan fingerprint density at radius 3 is 2.50 bits per heavy atom. The minimum absolute atomic E-state index is 0.845. The molecule has 1 aromatic rings. The van der Waals surface area contributed by atoms with Gasteiger partial charge in [0.2, 0.25) is 0 Å². The summed E-state index contributed by atoms with van der Waals surface area (Å²) in [7, 11) is 0. The number of hydrogen-bond acceptors (Lipinski definition) is 2. The predicted molar refractivity (Wildman–Crippen MR) is 68.8 cm³/mol. The van der Waals surface area contributed by atoms with Gasteiger partial charge in [-0.3, -0.25) is 0 Å². The van der Waals surface area contributed by atoms with Crippen molar-refractivity contribution in [3.8, 4) is 0 Å². The fraction of sp³-hybridized carbons (Fsp3) is 0.429. The van der Waals surface area contributed by atoms with Crippen molar-refractivity contribution in [3.05, 3.63) is 35.9 Å². The highest BCUT2D eigenvalue weighted by molar-refractivity contribution is 5.56. The molecule has 1 aliphatic heterocycles. The highest BCUT2D eigenvalue weighted by atomic mass is 16.5. The average Bonchev–Trinajstić information content (AvgIpc) is 2.38. The van der Waals surface area contributed by atoms with Crippen molar-refractivity contribution in [3.63, 3.8) is 0 Å². The van der Waals surface area contributed by atoms with Crippen molar-refractivity contribution >= 4 is 11.8 Å². The summed E-state index contributed by atoms with van der Waals surface area (Å²) < 4.78 is 5.35. The van der Waals surface area contributed by atoms with E-state index in [9.17, 15) is 0 Å². The molecule has 0 spiro atoms. The third kappa shape index (κ3) is 2.86. The van der Waals surface area contributed by atoms with Crippen LogP contribution in [0.5, 0.6) is 0 Å². The van der Waals surface area contributed by atoms with Gasteiger partial charge in [0.25, 0.3) is 0 Å². The lowest BCUT2D eigenvalue weighted by Crippen LogP contribution is -2.36. The molecule has 1 aromatic carbocycles. The summed E-state index contributed by atoms with van der Waals surface area (Å²) in [4.78, 5) is 2.37. The van der Waals surface area contributed by atoms with E-state index >= 15 is 0 Å². The van der Waals surface area contributed by atoms with Crippen molar-refractivity contribution in [1.82, 2.24) is 0 Å². The second-order valence-corrected chi connectivity index (χ2v) is 4.00. The maximum Gasteiger partial charge on any atom is 0.0642 e. The average molecular weight is 217 g/mol. The van der Waals surface area contributed by atoms with Crippen LogP contribution in [-0.2, 0) is 4.74 Å². The summed E-state index contributed by atoms with van der Waals surface area (Å²) in [6.45, 7) is 5.85. The standard InChI is InChI=1S/C14H19NO/c1-2-3-4-13-5-7-14(8-6-13)15-9-11-16-12-10-15/h3-8H,2,9-12H2,1H3/b4-3+. The molecule has 2 heteroatoms. The van der Waals surface area contributed by atoms with Crippen molar-refractivity contribution in [1.29, 1.82) is 0 Å². The molecule has 0 bridgehead atoms. The van der Waals surface area contributed by atoms with E-state index < -0.39 is 0 Å². The quantitative estimate of drug-likeness (QED) is 0.772. The molecule has 0 aromatic heterocycles. The van der Waals surface area contributed by atoms with Gasteiger partial charge in [-0.1, -0.05) is 31.2 Å². The SMILES string of the molecule is CC/C=C/c1ccc(N2CCOCC2)cc1. The molecule has 16 heavy (non-hydrogen) atoms. The third-order valence-electron chi connectivity index (χ3n) is 2.82. The van der Waals surface area contributed by atoms with Gasteiger partial charge >= 0.3 is 0 Å². The third-order valence-corrected chi connectivity index (χ3v) is 2.82. The molecule has 0 N–H and O–H groups in total. The molecule has 1 heterocycles. The summed E-state index contributed by atoms with van der Waals surface area (Å²) in [5.74, 6) is 0. The Bertz CT molecular complexity index is 336. The Labute approximate surface area is 97.5 Å². The first-order valence-corrected chi connectivity index (χ1v) is 5.99. The van der Waals surface area contributed by atoms with E-state index in [2.05, 4.69) is 48.2 Å². The normalized spacial score (nSPS) is 16.9. The Hall–Kier alpha value is -1.28. The Morgan fingerprint density at radius 1 is 1.19 bits per heavy atom. The summed E-state index contributed by atoms with van der Waals surface area (Å²) >= 11 is 0. The predicted octanol–water partition coefficient (Wildman–Crippen LogP) is 2.95. The molecule has 1 aliphatic rings. The van der Waals surface area contributed by atoms with Crippen LogP contribution >= 0.6 is 0 Å². The number of rotatable bonds is 3. The first kappa shape index (κ1) is 11.2. The highest BCUT2D eigenvalue weighted by Gasteiger charge is 2.10. The molecule has 86 valence electrons. The number of allylic oxidation sites excluding steroid dienone is 1. The second kappa shape index (κ2) is 5.71. The lowest BCUT2D eigenvalue weighted by Gasteiger charge is -2.28. The van der Waals surface area contributed by atoms with Crippen LogP contribution in [0.3, 0.4) is 0 Å². The topological polar surface area (TPSA) is 12.5 Å². The minimum atomic E-state index is 0.845. The van der Waals surface area contributed by atoms with Crippen LogP contribution in [0.1, 0.15) is 18.9 Å². The van der Waals surface area contributed by atoms with Crippen LogP contribution in [0.4, 0.5) is 5.69 Å². The van der Waals surface area contributed by atoms with Crippen LogP contribution in [0, 0.1) is 0 Å². The van der Waals surface area contributed by atoms with Crippen molar-refractivity contribution in [2.75, 3.05) is 31.2 Å². The van der Waals surface area contributed by atoms with Crippen LogP contribution < -0.4 is 4.90 Å². The van der Waals surface area contributed by atoms with Gasteiger partial charge in [0.05, 0.1) is 13.2 Å². The van der Waals surface area contributed by atoms with Gasteiger partial charge in [-0.2, -0.15) is 0 Å². The van der Waals surface area contributed by atoms with E-state index in [0.29, 0.717) is 0 Å². The van der Waals surface area contributed by atoms with Gasteiger partial charge in [-0.15, -0.1) is 0 Å². The number of nitrogens with zero attached hydrogens (tertiary/aromatic N) is 1. The van der Waals surface area contributed by atoms with Gasteiger partial charge < -0.3 is 9.64 Å². The molecule has 2 rings (SSSR count). The van der Waals surface area contributed by atoms with Crippen molar-refractivity contribution in [2.45, 2.75) is 13.3 Å². The fourth-order valence-corrected chi connectivity index (χ4v) is 1.87.